The fourth-order valence-corrected chi connectivity index (χ4v) is 1.23. The highest BCUT2D eigenvalue weighted by Crippen LogP contribution is 2.10. The van der Waals surface area contributed by atoms with Gasteiger partial charge < -0.3 is 15.4 Å². The van der Waals surface area contributed by atoms with Crippen molar-refractivity contribution >= 4 is 18.1 Å². The van der Waals surface area contributed by atoms with Crippen molar-refractivity contribution in [1.82, 2.24) is 9.91 Å². The summed E-state index contributed by atoms with van der Waals surface area (Å²) in [6.45, 7) is 0. The van der Waals surface area contributed by atoms with Crippen molar-refractivity contribution in [3.63, 3.8) is 0 Å². The third kappa shape index (κ3) is 3.98. The lowest BCUT2D eigenvalue weighted by molar-refractivity contribution is 0.415. The molecule has 0 fully saturated rings. The fourth-order valence-electron chi connectivity index (χ4n) is 1.23. The van der Waals surface area contributed by atoms with Crippen molar-refractivity contribution in [2.45, 2.75) is 0 Å². The fraction of sp³-hybridized carbons (Fsp3) is 0.250. The van der Waals surface area contributed by atoms with Crippen molar-refractivity contribution in [1.29, 1.82) is 10.8 Å². The van der Waals surface area contributed by atoms with Crippen molar-refractivity contribution in [3.8, 4) is 5.75 Å². The molecule has 0 aliphatic heterocycles. The van der Waals surface area contributed by atoms with Crippen LogP contribution in [-0.2, 0) is 0 Å². The molecule has 0 saturated carbocycles. The summed E-state index contributed by atoms with van der Waals surface area (Å²) < 4.78 is 5.05. The van der Waals surface area contributed by atoms with Gasteiger partial charge in [0, 0.05) is 14.1 Å². The molecule has 0 heterocycles. The molecular weight excluding hydrogens is 244 g/mol. The van der Waals surface area contributed by atoms with Gasteiger partial charge in [-0.25, -0.2) is 0 Å². The molecule has 0 amide bonds. The molecule has 0 radical (unpaired) electrons. The second-order valence-electron chi connectivity index (χ2n) is 3.93. The van der Waals surface area contributed by atoms with Gasteiger partial charge in [-0.2, -0.15) is 10.1 Å². The highest BCUT2D eigenvalue weighted by Gasteiger charge is 2.12. The minimum Gasteiger partial charge on any atom is -0.497 e. The van der Waals surface area contributed by atoms with E-state index < -0.39 is 0 Å². The first-order valence-corrected chi connectivity index (χ1v) is 5.53. The van der Waals surface area contributed by atoms with Crippen LogP contribution in [0.25, 0.3) is 0 Å². The van der Waals surface area contributed by atoms with Crippen LogP contribution in [0.15, 0.2) is 29.4 Å². The highest BCUT2D eigenvalue weighted by atomic mass is 16.5. The van der Waals surface area contributed by atoms with Crippen LogP contribution in [0.2, 0.25) is 0 Å². The summed E-state index contributed by atoms with van der Waals surface area (Å²) in [4.78, 5) is 1.51. The summed E-state index contributed by atoms with van der Waals surface area (Å²) in [6, 6.07) is 7.24. The molecule has 0 aromatic heterocycles. The Balaban J connectivity index is 2.86. The van der Waals surface area contributed by atoms with Gasteiger partial charge in [0.15, 0.2) is 0 Å². The summed E-state index contributed by atoms with van der Waals surface area (Å²) in [5.41, 5.74) is 6.21. The molecular formula is C12H18N6O. The molecule has 4 N–H and O–H groups in total. The van der Waals surface area contributed by atoms with Crippen LogP contribution < -0.4 is 10.5 Å². The molecule has 0 aliphatic carbocycles. The van der Waals surface area contributed by atoms with Gasteiger partial charge in [0.2, 0.25) is 11.9 Å². The van der Waals surface area contributed by atoms with Crippen molar-refractivity contribution in [2.75, 3.05) is 21.2 Å². The maximum absolute atomic E-state index is 7.76. The van der Waals surface area contributed by atoms with Crippen molar-refractivity contribution in [3.05, 3.63) is 29.8 Å². The monoisotopic (exact) mass is 262 g/mol. The van der Waals surface area contributed by atoms with Gasteiger partial charge in [-0.1, -0.05) is 0 Å². The Kier molecular flexibility index (Phi) is 4.87. The minimum atomic E-state index is -0.316. The summed E-state index contributed by atoms with van der Waals surface area (Å²) in [5.74, 6) is 0.447. The van der Waals surface area contributed by atoms with E-state index in [4.69, 9.17) is 21.3 Å². The molecule has 0 aliphatic rings. The van der Waals surface area contributed by atoms with Gasteiger partial charge in [-0.05, 0) is 29.8 Å². The molecule has 7 nitrogen and oxygen atoms in total. The van der Waals surface area contributed by atoms with E-state index in [1.165, 1.54) is 11.1 Å². The predicted octanol–water partition coefficient (Wildman–Crippen LogP) is 0.721. The number of hydrogen-bond donors (Lipinski definition) is 3. The number of guanidine groups is 2. The summed E-state index contributed by atoms with van der Waals surface area (Å²) in [7, 11) is 4.96. The highest BCUT2D eigenvalue weighted by molar-refractivity contribution is 5.96. The van der Waals surface area contributed by atoms with E-state index in [-0.39, 0.29) is 11.9 Å². The molecule has 1 aromatic carbocycles. The van der Waals surface area contributed by atoms with Crippen LogP contribution >= 0.6 is 0 Å². The Morgan fingerprint density at radius 2 is 1.84 bits per heavy atom. The SMILES string of the molecule is COc1ccc(C=NN(C(=N)N)C(=N)N(C)C)cc1. The zero-order valence-electron chi connectivity index (χ0n) is 11.2. The second-order valence-corrected chi connectivity index (χ2v) is 3.93. The summed E-state index contributed by atoms with van der Waals surface area (Å²) in [5, 5.41) is 20.2. The molecule has 1 rings (SSSR count). The average Bonchev–Trinajstić information content (AvgIpc) is 2.39. The maximum atomic E-state index is 7.76. The third-order valence-electron chi connectivity index (χ3n) is 2.29. The van der Waals surface area contributed by atoms with Crippen LogP contribution in [0.5, 0.6) is 5.75 Å². The summed E-state index contributed by atoms with van der Waals surface area (Å²) >= 11 is 0. The first-order valence-electron chi connectivity index (χ1n) is 5.53. The topological polar surface area (TPSA) is 102 Å². The van der Waals surface area contributed by atoms with Crippen LogP contribution in [0.3, 0.4) is 0 Å². The first-order chi connectivity index (χ1) is 8.95. The number of benzene rings is 1. The smallest absolute Gasteiger partial charge is 0.221 e. The normalized spacial score (nSPS) is 10.3. The standard InChI is InChI=1S/C12H18N6O/c1-17(2)12(15)18(11(13)14)16-8-9-4-6-10(19-3)7-5-9/h4-8,15H,1-3H3,(H3,13,14). The van der Waals surface area contributed by atoms with Crippen LogP contribution in [-0.4, -0.2) is 49.2 Å². The molecule has 0 bridgehead atoms. The van der Waals surface area contributed by atoms with Gasteiger partial charge in [0.25, 0.3) is 0 Å². The molecule has 0 unspecified atom stereocenters. The number of methoxy groups -OCH3 is 1. The number of nitrogens with two attached hydrogens (primary N) is 1. The lowest BCUT2D eigenvalue weighted by Crippen LogP contribution is -2.43. The Morgan fingerprint density at radius 1 is 1.26 bits per heavy atom. The number of hydrazone groups is 1. The van der Waals surface area contributed by atoms with Gasteiger partial charge in [0.05, 0.1) is 13.3 Å². The summed E-state index contributed by atoms with van der Waals surface area (Å²) in [6.07, 6.45) is 1.53. The Labute approximate surface area is 112 Å². The first kappa shape index (κ1) is 14.5. The predicted molar refractivity (Wildman–Crippen MR) is 75.8 cm³/mol. The maximum Gasteiger partial charge on any atom is 0.221 e. The molecule has 0 saturated heterocycles. The number of ether oxygens (including phenoxy) is 1. The second kappa shape index (κ2) is 6.39. The zero-order valence-corrected chi connectivity index (χ0v) is 11.2. The van der Waals surface area contributed by atoms with Crippen LogP contribution in [0, 0.1) is 10.8 Å². The van der Waals surface area contributed by atoms with Crippen LogP contribution in [0.4, 0.5) is 0 Å². The Bertz CT molecular complexity index is 479. The molecule has 0 atom stereocenters. The van der Waals surface area contributed by atoms with Crippen LogP contribution in [0.1, 0.15) is 5.56 Å². The Morgan fingerprint density at radius 3 is 2.26 bits per heavy atom. The van der Waals surface area contributed by atoms with Gasteiger partial charge in [-0.3, -0.25) is 10.8 Å². The molecule has 0 spiro atoms. The number of hydrogen-bond acceptors (Lipinski definition) is 4. The Hall–Kier alpha value is -2.57. The number of nitrogens with zero attached hydrogens (tertiary/aromatic N) is 3. The van der Waals surface area contributed by atoms with Gasteiger partial charge >= 0.3 is 0 Å². The largest absolute Gasteiger partial charge is 0.497 e. The minimum absolute atomic E-state index is 0.0114. The molecule has 102 valence electrons. The van der Waals surface area contributed by atoms with E-state index in [9.17, 15) is 0 Å². The van der Waals surface area contributed by atoms with Crippen molar-refractivity contribution < 1.29 is 4.74 Å². The van der Waals surface area contributed by atoms with E-state index in [1.807, 2.05) is 12.1 Å². The van der Waals surface area contributed by atoms with E-state index in [0.29, 0.717) is 0 Å². The quantitative estimate of drug-likeness (QED) is 0.424. The van der Waals surface area contributed by atoms with E-state index >= 15 is 0 Å². The molecule has 19 heavy (non-hydrogen) atoms. The molecule has 1 aromatic rings. The zero-order chi connectivity index (χ0) is 14.4. The lowest BCUT2D eigenvalue weighted by atomic mass is 10.2. The average molecular weight is 262 g/mol. The molecule has 7 heteroatoms. The van der Waals surface area contributed by atoms with E-state index in [0.717, 1.165) is 16.3 Å². The number of rotatable bonds is 3. The third-order valence-corrected chi connectivity index (χ3v) is 2.29. The lowest BCUT2D eigenvalue weighted by Gasteiger charge is -2.22. The van der Waals surface area contributed by atoms with E-state index in [1.54, 1.807) is 33.3 Å². The van der Waals surface area contributed by atoms with Gasteiger partial charge in [0.1, 0.15) is 5.75 Å². The van der Waals surface area contributed by atoms with Crippen molar-refractivity contribution in [2.24, 2.45) is 10.8 Å². The van der Waals surface area contributed by atoms with E-state index in [2.05, 4.69) is 5.10 Å². The van der Waals surface area contributed by atoms with Gasteiger partial charge in [-0.15, -0.1) is 0 Å². The number of nitrogens with one attached hydrogen (secondary N) is 2.